The lowest BCUT2D eigenvalue weighted by Gasteiger charge is -2.19. The maximum absolute atomic E-state index is 11.9. The largest absolute Gasteiger partial charge is 0.468 e. The van der Waals surface area contributed by atoms with Gasteiger partial charge >= 0.3 is 5.97 Å². The third-order valence-corrected chi connectivity index (χ3v) is 5.13. The van der Waals surface area contributed by atoms with E-state index in [1.807, 2.05) is 0 Å². The number of nitrogens with zero attached hydrogens (tertiary/aromatic N) is 1. The standard InChI is InChI=1S/C9H19NO6S2/c1-4-5-10(8-9(11)16-2)18(14,15)7-6-17(3,12)13/h4-8H2,1-3H3. The minimum atomic E-state index is -3.77. The Morgan fingerprint density at radius 1 is 1.17 bits per heavy atom. The molecule has 18 heavy (non-hydrogen) atoms. The van der Waals surface area contributed by atoms with Crippen LogP contribution in [0.25, 0.3) is 0 Å². The molecule has 0 saturated carbocycles. The summed E-state index contributed by atoms with van der Waals surface area (Å²) >= 11 is 0. The molecule has 0 aliphatic carbocycles. The zero-order valence-electron chi connectivity index (χ0n) is 10.7. The fourth-order valence-corrected chi connectivity index (χ4v) is 4.23. The average Bonchev–Trinajstić information content (AvgIpc) is 2.25. The average molecular weight is 301 g/mol. The molecular weight excluding hydrogens is 282 g/mol. The minimum absolute atomic E-state index is 0.154. The van der Waals surface area contributed by atoms with Crippen LogP contribution in [-0.4, -0.2) is 65.1 Å². The molecule has 0 saturated heterocycles. The highest BCUT2D eigenvalue weighted by atomic mass is 32.2. The summed E-state index contributed by atoms with van der Waals surface area (Å²) < 4.78 is 51.0. The number of hydrogen-bond acceptors (Lipinski definition) is 6. The van der Waals surface area contributed by atoms with Gasteiger partial charge in [-0.05, 0) is 6.42 Å². The van der Waals surface area contributed by atoms with Gasteiger partial charge in [-0.25, -0.2) is 16.8 Å². The van der Waals surface area contributed by atoms with Gasteiger partial charge in [0.05, 0.1) is 18.6 Å². The lowest BCUT2D eigenvalue weighted by Crippen LogP contribution is -2.39. The summed E-state index contributed by atoms with van der Waals surface area (Å²) in [6.45, 7) is 1.52. The third-order valence-electron chi connectivity index (χ3n) is 2.11. The van der Waals surface area contributed by atoms with Crippen molar-refractivity contribution < 1.29 is 26.4 Å². The minimum Gasteiger partial charge on any atom is -0.468 e. The van der Waals surface area contributed by atoms with Crippen LogP contribution in [0, 0.1) is 0 Å². The first kappa shape index (κ1) is 17.3. The topological polar surface area (TPSA) is 97.8 Å². The number of carbonyl (C=O) groups is 1. The number of methoxy groups -OCH3 is 1. The fraction of sp³-hybridized carbons (Fsp3) is 0.889. The van der Waals surface area contributed by atoms with Crippen molar-refractivity contribution in [1.29, 1.82) is 0 Å². The van der Waals surface area contributed by atoms with Crippen molar-refractivity contribution in [2.75, 3.05) is 38.0 Å². The Morgan fingerprint density at radius 3 is 2.11 bits per heavy atom. The van der Waals surface area contributed by atoms with Gasteiger partial charge in [-0.3, -0.25) is 4.79 Å². The summed E-state index contributed by atoms with van der Waals surface area (Å²) in [7, 11) is -5.97. The Hall–Kier alpha value is -0.670. The first-order valence-electron chi connectivity index (χ1n) is 5.34. The predicted octanol–water partition coefficient (Wildman–Crippen LogP) is -0.754. The quantitative estimate of drug-likeness (QED) is 0.547. The molecule has 108 valence electrons. The van der Waals surface area contributed by atoms with Gasteiger partial charge in [-0.1, -0.05) is 6.92 Å². The fourth-order valence-electron chi connectivity index (χ4n) is 1.16. The number of sulfone groups is 1. The number of carbonyl (C=O) groups excluding carboxylic acids is 1. The monoisotopic (exact) mass is 301 g/mol. The number of rotatable bonds is 8. The van der Waals surface area contributed by atoms with Gasteiger partial charge in [0.25, 0.3) is 0 Å². The van der Waals surface area contributed by atoms with Crippen molar-refractivity contribution in [3.05, 3.63) is 0 Å². The van der Waals surface area contributed by atoms with Crippen LogP contribution in [0.5, 0.6) is 0 Å². The van der Waals surface area contributed by atoms with Crippen molar-refractivity contribution in [2.24, 2.45) is 0 Å². The normalized spacial score (nSPS) is 12.7. The number of ether oxygens (including phenoxy) is 1. The van der Waals surface area contributed by atoms with Crippen LogP contribution in [0.3, 0.4) is 0 Å². The van der Waals surface area contributed by atoms with Crippen molar-refractivity contribution in [3.8, 4) is 0 Å². The van der Waals surface area contributed by atoms with Gasteiger partial charge < -0.3 is 4.74 Å². The highest BCUT2D eigenvalue weighted by Crippen LogP contribution is 2.04. The molecule has 0 aromatic rings. The molecule has 9 heteroatoms. The zero-order chi connectivity index (χ0) is 14.4. The highest BCUT2D eigenvalue weighted by molar-refractivity contribution is 7.93. The SMILES string of the molecule is CCCN(CC(=O)OC)S(=O)(=O)CCS(C)(=O)=O. The van der Waals surface area contributed by atoms with E-state index in [0.717, 1.165) is 17.7 Å². The van der Waals surface area contributed by atoms with Gasteiger partial charge in [0.15, 0.2) is 0 Å². The van der Waals surface area contributed by atoms with Gasteiger partial charge in [0.1, 0.15) is 16.4 Å². The molecule has 0 atom stereocenters. The van der Waals surface area contributed by atoms with E-state index in [1.165, 1.54) is 0 Å². The Kier molecular flexibility index (Phi) is 6.79. The van der Waals surface area contributed by atoms with Crippen LogP contribution in [0.4, 0.5) is 0 Å². The lowest BCUT2D eigenvalue weighted by atomic mass is 10.5. The maximum atomic E-state index is 11.9. The summed E-state index contributed by atoms with van der Waals surface area (Å²) in [5.41, 5.74) is 0. The molecule has 0 unspecified atom stereocenters. The lowest BCUT2D eigenvalue weighted by molar-refractivity contribution is -0.140. The molecule has 0 heterocycles. The second-order valence-electron chi connectivity index (χ2n) is 3.86. The van der Waals surface area contributed by atoms with E-state index in [-0.39, 0.29) is 6.54 Å². The van der Waals surface area contributed by atoms with E-state index >= 15 is 0 Å². The van der Waals surface area contributed by atoms with Crippen molar-refractivity contribution >= 4 is 25.8 Å². The van der Waals surface area contributed by atoms with Crippen LogP contribution >= 0.6 is 0 Å². The molecule has 0 aromatic heterocycles. The highest BCUT2D eigenvalue weighted by Gasteiger charge is 2.25. The molecule has 0 aliphatic heterocycles. The number of sulfonamides is 1. The molecule has 0 rings (SSSR count). The van der Waals surface area contributed by atoms with E-state index in [9.17, 15) is 21.6 Å². The van der Waals surface area contributed by atoms with Crippen LogP contribution in [0.15, 0.2) is 0 Å². The van der Waals surface area contributed by atoms with Crippen molar-refractivity contribution in [1.82, 2.24) is 4.31 Å². The molecule has 0 aromatic carbocycles. The first-order chi connectivity index (χ1) is 8.12. The Bertz CT molecular complexity index is 467. The van der Waals surface area contributed by atoms with Gasteiger partial charge in [0.2, 0.25) is 10.0 Å². The van der Waals surface area contributed by atoms with Gasteiger partial charge in [0, 0.05) is 12.8 Å². The summed E-state index contributed by atoms with van der Waals surface area (Å²) in [6.07, 6.45) is 1.49. The molecule has 0 radical (unpaired) electrons. The Morgan fingerprint density at radius 2 is 1.72 bits per heavy atom. The van der Waals surface area contributed by atoms with Crippen molar-refractivity contribution in [2.45, 2.75) is 13.3 Å². The smallest absolute Gasteiger partial charge is 0.321 e. The van der Waals surface area contributed by atoms with E-state index in [4.69, 9.17) is 0 Å². The zero-order valence-corrected chi connectivity index (χ0v) is 12.4. The second kappa shape index (κ2) is 7.05. The molecule has 0 fully saturated rings. The van der Waals surface area contributed by atoms with E-state index < -0.39 is 43.9 Å². The maximum Gasteiger partial charge on any atom is 0.321 e. The summed E-state index contributed by atoms with van der Waals surface area (Å²) in [6, 6.07) is 0. The molecule has 7 nitrogen and oxygen atoms in total. The summed E-state index contributed by atoms with van der Waals surface area (Å²) in [5.74, 6) is -1.66. The summed E-state index contributed by atoms with van der Waals surface area (Å²) in [4.78, 5) is 11.1. The number of esters is 1. The Labute approximate surface area is 108 Å². The molecule has 0 N–H and O–H groups in total. The number of hydrogen-bond donors (Lipinski definition) is 0. The Balaban J connectivity index is 4.81. The van der Waals surface area contributed by atoms with Crippen molar-refractivity contribution in [3.63, 3.8) is 0 Å². The molecule has 0 amide bonds. The van der Waals surface area contributed by atoms with Crippen LogP contribution in [-0.2, 0) is 29.4 Å². The molecule has 0 aliphatic rings. The van der Waals surface area contributed by atoms with E-state index in [2.05, 4.69) is 4.74 Å². The first-order valence-corrected chi connectivity index (χ1v) is 9.01. The van der Waals surface area contributed by atoms with Crippen LogP contribution in [0.2, 0.25) is 0 Å². The second-order valence-corrected chi connectivity index (χ2v) is 8.20. The predicted molar refractivity (Wildman–Crippen MR) is 67.4 cm³/mol. The van der Waals surface area contributed by atoms with Gasteiger partial charge in [-0.2, -0.15) is 4.31 Å². The third kappa shape index (κ3) is 6.92. The van der Waals surface area contributed by atoms with Crippen LogP contribution in [0.1, 0.15) is 13.3 Å². The van der Waals surface area contributed by atoms with Crippen LogP contribution < -0.4 is 0 Å². The van der Waals surface area contributed by atoms with E-state index in [1.54, 1.807) is 6.92 Å². The summed E-state index contributed by atoms with van der Waals surface area (Å²) in [5, 5.41) is 0. The molecular formula is C9H19NO6S2. The van der Waals surface area contributed by atoms with E-state index in [0.29, 0.717) is 6.42 Å². The van der Waals surface area contributed by atoms with Gasteiger partial charge in [-0.15, -0.1) is 0 Å². The molecule has 0 bridgehead atoms. The molecule has 0 spiro atoms.